The molecule has 1 aliphatic rings. The van der Waals surface area contributed by atoms with E-state index in [2.05, 4.69) is 0 Å². The maximum absolute atomic E-state index is 14.1. The molecule has 6 nitrogen and oxygen atoms in total. The van der Waals surface area contributed by atoms with E-state index in [1.807, 2.05) is 42.5 Å². The zero-order valence-corrected chi connectivity index (χ0v) is 21.2. The summed E-state index contributed by atoms with van der Waals surface area (Å²) in [6.45, 7) is -0.203. The molecule has 2 N–H and O–H groups in total. The van der Waals surface area contributed by atoms with Crippen molar-refractivity contribution in [3.63, 3.8) is 0 Å². The molecule has 0 spiro atoms. The lowest BCUT2D eigenvalue weighted by Crippen LogP contribution is -2.48. The third-order valence-electron chi connectivity index (χ3n) is 6.81. The summed E-state index contributed by atoms with van der Waals surface area (Å²) < 4.78 is 29.2. The third kappa shape index (κ3) is 4.73. The average molecular weight is 534 g/mol. The first-order valence-electron chi connectivity index (χ1n) is 11.7. The number of nitrogens with zero attached hydrogens (tertiary/aromatic N) is 1. The molecule has 0 heterocycles. The van der Waals surface area contributed by atoms with Crippen LogP contribution in [0.15, 0.2) is 108 Å². The molecule has 0 aliphatic heterocycles. The summed E-state index contributed by atoms with van der Waals surface area (Å²) >= 11 is 5.98. The predicted molar refractivity (Wildman–Crippen MR) is 142 cm³/mol. The number of hydrogen-bond donors (Lipinski definition) is 2. The number of carboxylic acid groups (broad SMARTS) is 1. The fraction of sp³-hybridized carbons (Fsp3) is 0.138. The Morgan fingerprint density at radius 3 is 2.11 bits per heavy atom. The molecule has 37 heavy (non-hydrogen) atoms. The molecular weight excluding hydrogens is 510 g/mol. The molecule has 1 aliphatic carbocycles. The first kappa shape index (κ1) is 25.0. The molecule has 8 heteroatoms. The van der Waals surface area contributed by atoms with Gasteiger partial charge in [-0.15, -0.1) is 0 Å². The van der Waals surface area contributed by atoms with Crippen LogP contribution in [0.4, 0.5) is 0 Å². The van der Waals surface area contributed by atoms with Crippen molar-refractivity contribution in [1.29, 1.82) is 0 Å². The highest BCUT2D eigenvalue weighted by molar-refractivity contribution is 7.89. The van der Waals surface area contributed by atoms with Crippen LogP contribution in [0, 0.1) is 0 Å². The summed E-state index contributed by atoms with van der Waals surface area (Å²) in [6, 6.07) is 28.8. The number of aliphatic carboxylic acids is 1. The van der Waals surface area contributed by atoms with E-state index in [1.165, 1.54) is 24.3 Å². The maximum atomic E-state index is 14.1. The number of sulfonamides is 1. The van der Waals surface area contributed by atoms with Crippen LogP contribution in [0.2, 0.25) is 5.02 Å². The Hall–Kier alpha value is -3.65. The summed E-state index contributed by atoms with van der Waals surface area (Å²) in [5.41, 5.74) is 1.27. The monoisotopic (exact) mass is 533 g/mol. The number of rotatable bonds is 8. The zero-order valence-electron chi connectivity index (χ0n) is 19.7. The second-order valence-corrected chi connectivity index (χ2v) is 11.4. The fourth-order valence-corrected chi connectivity index (χ4v) is 6.69. The lowest BCUT2D eigenvalue weighted by Gasteiger charge is -2.30. The highest BCUT2D eigenvalue weighted by atomic mass is 35.5. The minimum absolute atomic E-state index is 0.00953. The van der Waals surface area contributed by atoms with Crippen LogP contribution in [0.1, 0.15) is 23.5 Å². The molecule has 0 amide bonds. The highest BCUT2D eigenvalue weighted by Crippen LogP contribution is 2.57. The Morgan fingerprint density at radius 2 is 1.51 bits per heavy atom. The van der Waals surface area contributed by atoms with Crippen LogP contribution in [-0.4, -0.2) is 34.4 Å². The summed E-state index contributed by atoms with van der Waals surface area (Å²) in [5.74, 6) is -1.74. The Kier molecular flexibility index (Phi) is 6.54. The zero-order chi connectivity index (χ0) is 26.2. The normalized spacial score (nSPS) is 19.0. The van der Waals surface area contributed by atoms with Crippen molar-refractivity contribution in [2.24, 2.45) is 0 Å². The molecular formula is C29H24ClNO5S. The van der Waals surface area contributed by atoms with Gasteiger partial charge in [0, 0.05) is 17.5 Å². The van der Waals surface area contributed by atoms with Gasteiger partial charge < -0.3 is 10.2 Å². The second-order valence-electron chi connectivity index (χ2n) is 9.11. The average Bonchev–Trinajstić information content (AvgIpc) is 3.65. The van der Waals surface area contributed by atoms with Crippen molar-refractivity contribution in [3.05, 3.63) is 119 Å². The Balaban J connectivity index is 1.57. The van der Waals surface area contributed by atoms with Gasteiger partial charge in [-0.1, -0.05) is 78.3 Å². The molecule has 0 bridgehead atoms. The number of hydrogen-bond acceptors (Lipinski definition) is 4. The van der Waals surface area contributed by atoms with Gasteiger partial charge in [0.25, 0.3) is 0 Å². The minimum Gasteiger partial charge on any atom is -0.508 e. The lowest BCUT2D eigenvalue weighted by atomic mass is 10.1. The lowest BCUT2D eigenvalue weighted by molar-refractivity contribution is -0.143. The van der Waals surface area contributed by atoms with Gasteiger partial charge in [-0.05, 0) is 65.1 Å². The highest BCUT2D eigenvalue weighted by Gasteiger charge is 2.67. The topological polar surface area (TPSA) is 94.9 Å². The number of halogens is 1. The van der Waals surface area contributed by atoms with E-state index in [-0.39, 0.29) is 23.6 Å². The summed E-state index contributed by atoms with van der Waals surface area (Å²) in [6.07, 6.45) is 0.146. The number of carboxylic acids is 1. The van der Waals surface area contributed by atoms with E-state index in [0.717, 1.165) is 21.0 Å². The van der Waals surface area contributed by atoms with Crippen molar-refractivity contribution in [3.8, 4) is 16.9 Å². The van der Waals surface area contributed by atoms with Crippen LogP contribution in [0.3, 0.4) is 0 Å². The number of aromatic hydroxyl groups is 1. The molecule has 0 radical (unpaired) electrons. The number of phenols is 1. The van der Waals surface area contributed by atoms with E-state index in [1.54, 1.807) is 36.4 Å². The largest absolute Gasteiger partial charge is 0.508 e. The van der Waals surface area contributed by atoms with E-state index >= 15 is 0 Å². The van der Waals surface area contributed by atoms with Crippen molar-refractivity contribution < 1.29 is 23.4 Å². The van der Waals surface area contributed by atoms with Crippen molar-refractivity contribution >= 4 is 27.6 Å². The van der Waals surface area contributed by atoms with Crippen LogP contribution in [0.25, 0.3) is 11.1 Å². The van der Waals surface area contributed by atoms with Gasteiger partial charge in [0.05, 0.1) is 4.90 Å². The van der Waals surface area contributed by atoms with Gasteiger partial charge in [-0.2, -0.15) is 4.31 Å². The SMILES string of the molecule is O=C(O)[C@@]1(N(Cc2cccc(O)c2)S(=O)(=O)c2ccc(-c3ccc(Cl)cc3)cc2)C[C@H]1c1ccccc1. The number of carbonyl (C=O) groups is 1. The maximum Gasteiger partial charge on any atom is 0.325 e. The van der Waals surface area contributed by atoms with E-state index < -0.39 is 27.4 Å². The molecule has 0 saturated heterocycles. The van der Waals surface area contributed by atoms with Crippen molar-refractivity contribution in [2.75, 3.05) is 0 Å². The van der Waals surface area contributed by atoms with E-state index in [4.69, 9.17) is 11.6 Å². The second kappa shape index (κ2) is 9.67. The van der Waals surface area contributed by atoms with Crippen molar-refractivity contribution in [1.82, 2.24) is 4.31 Å². The molecule has 4 aromatic rings. The first-order valence-corrected chi connectivity index (χ1v) is 13.5. The van der Waals surface area contributed by atoms with E-state index in [9.17, 15) is 23.4 Å². The quantitative estimate of drug-likeness (QED) is 0.293. The molecule has 5 rings (SSSR count). The van der Waals surface area contributed by atoms with Gasteiger partial charge in [-0.3, -0.25) is 4.79 Å². The minimum atomic E-state index is -4.25. The van der Waals surface area contributed by atoms with Crippen LogP contribution in [-0.2, 0) is 21.4 Å². The summed E-state index contributed by atoms with van der Waals surface area (Å²) in [7, 11) is -4.25. The molecule has 188 valence electrons. The van der Waals surface area contributed by atoms with Gasteiger partial charge >= 0.3 is 5.97 Å². The summed E-state index contributed by atoms with van der Waals surface area (Å²) in [4.78, 5) is 12.7. The Bertz CT molecular complexity index is 1540. The number of phenolic OH excluding ortho intramolecular Hbond substituents is 1. The number of benzene rings is 4. The van der Waals surface area contributed by atoms with Crippen molar-refractivity contribution in [2.45, 2.75) is 29.3 Å². The van der Waals surface area contributed by atoms with Gasteiger partial charge in [-0.25, -0.2) is 8.42 Å². The molecule has 1 fully saturated rings. The third-order valence-corrected chi connectivity index (χ3v) is 8.96. The van der Waals surface area contributed by atoms with Crippen LogP contribution >= 0.6 is 11.6 Å². The van der Waals surface area contributed by atoms with Gasteiger partial charge in [0.2, 0.25) is 10.0 Å². The smallest absolute Gasteiger partial charge is 0.325 e. The van der Waals surface area contributed by atoms with Gasteiger partial charge in [0.1, 0.15) is 11.3 Å². The van der Waals surface area contributed by atoms with Crippen LogP contribution < -0.4 is 0 Å². The Labute approximate surface area is 220 Å². The molecule has 2 atom stereocenters. The summed E-state index contributed by atoms with van der Waals surface area (Å²) in [5, 5.41) is 21.0. The van der Waals surface area contributed by atoms with Gasteiger partial charge in [0.15, 0.2) is 0 Å². The molecule has 4 aromatic carbocycles. The molecule has 1 saturated carbocycles. The Morgan fingerprint density at radius 1 is 0.892 bits per heavy atom. The van der Waals surface area contributed by atoms with E-state index in [0.29, 0.717) is 10.6 Å². The molecule has 0 aromatic heterocycles. The predicted octanol–water partition coefficient (Wildman–Crippen LogP) is 5.91. The van der Waals surface area contributed by atoms with Crippen LogP contribution in [0.5, 0.6) is 5.75 Å². The standard InChI is InChI=1S/C29H24ClNO5S/c30-24-13-9-21(10-14-24)22-11-15-26(16-12-22)37(35,36)31(19-20-5-4-8-25(32)17-20)29(28(33)34)18-27(29)23-6-2-1-3-7-23/h1-17,27,32H,18-19H2,(H,33,34)/t27-,29+/m0/s1. The first-order chi connectivity index (χ1) is 17.7. The molecule has 0 unspecified atom stereocenters. The fourth-order valence-electron chi connectivity index (χ4n) is 4.80.